The first-order chi connectivity index (χ1) is 33.7. The largest absolute Gasteiger partial charge is 0.457 e. The van der Waals surface area contributed by atoms with Crippen molar-refractivity contribution < 1.29 is 81.8 Å². The van der Waals surface area contributed by atoms with Gasteiger partial charge < -0.3 is 67.4 Å². The predicted molar refractivity (Wildman–Crippen MR) is 254 cm³/mol. The lowest BCUT2D eigenvalue weighted by atomic mass is 9.43. The van der Waals surface area contributed by atoms with Gasteiger partial charge in [0.15, 0.2) is 31.1 Å². The molecule has 8 rings (SSSR count). The molecule has 0 unspecified atom stereocenters. The van der Waals surface area contributed by atoms with E-state index in [0.29, 0.717) is 31.2 Å². The highest BCUT2D eigenvalue weighted by molar-refractivity contribution is 5.90. The van der Waals surface area contributed by atoms with Gasteiger partial charge in [0.25, 0.3) is 0 Å². The van der Waals surface area contributed by atoms with E-state index in [1.54, 1.807) is 45.4 Å². The number of hydrogen-bond donors (Lipinski definition) is 3. The average Bonchev–Trinajstić information content (AvgIpc) is 3.51. The molecule has 4 aliphatic carbocycles. The van der Waals surface area contributed by atoms with E-state index in [-0.39, 0.29) is 53.5 Å². The summed E-state index contributed by atoms with van der Waals surface area (Å²) >= 11 is 0. The molecule has 0 amide bonds. The van der Waals surface area contributed by atoms with Gasteiger partial charge in [-0.25, -0.2) is 4.79 Å². The highest BCUT2D eigenvalue weighted by atomic mass is 16.8. The van der Waals surface area contributed by atoms with E-state index in [9.17, 15) is 29.7 Å². The second kappa shape index (κ2) is 21.9. The van der Waals surface area contributed by atoms with Crippen LogP contribution in [0.2, 0.25) is 0 Å². The van der Waals surface area contributed by atoms with E-state index in [1.165, 1.54) is 14.0 Å². The van der Waals surface area contributed by atoms with Crippen molar-refractivity contribution in [2.45, 2.75) is 223 Å². The second-order valence-corrected chi connectivity index (χ2v) is 22.8. The molecule has 3 N–H and O–H groups in total. The first-order valence-electron chi connectivity index (χ1n) is 26.2. The molecule has 4 saturated carbocycles. The van der Waals surface area contributed by atoms with E-state index in [2.05, 4.69) is 6.92 Å². The quantitative estimate of drug-likeness (QED) is 0.142. The second-order valence-electron chi connectivity index (χ2n) is 22.8. The summed E-state index contributed by atoms with van der Waals surface area (Å²) in [4.78, 5) is 41.2. The molecule has 3 aliphatic heterocycles. The Kier molecular flexibility index (Phi) is 16.8. The summed E-state index contributed by atoms with van der Waals surface area (Å²) in [6, 6.07) is 8.62. The lowest BCUT2D eigenvalue weighted by Gasteiger charge is -2.63. The van der Waals surface area contributed by atoms with E-state index in [1.807, 2.05) is 40.7 Å². The zero-order chi connectivity index (χ0) is 51.3. The number of benzene rings is 1. The Morgan fingerprint density at radius 3 is 1.94 bits per heavy atom. The molecule has 0 bridgehead atoms. The first-order valence-corrected chi connectivity index (χ1v) is 26.2. The predicted octanol–water partition coefficient (Wildman–Crippen LogP) is 5.69. The van der Waals surface area contributed by atoms with Crippen LogP contribution in [0.1, 0.15) is 130 Å². The van der Waals surface area contributed by atoms with Crippen LogP contribution < -0.4 is 0 Å². The monoisotopic (exact) mass is 1000 g/mol. The van der Waals surface area contributed by atoms with Crippen molar-refractivity contribution in [1.82, 2.24) is 0 Å². The Morgan fingerprint density at radius 1 is 0.704 bits per heavy atom. The van der Waals surface area contributed by atoms with Gasteiger partial charge in [-0.1, -0.05) is 45.9 Å². The summed E-state index contributed by atoms with van der Waals surface area (Å²) in [6.07, 6.45) is -5.34. The Bertz CT molecular complexity index is 1990. The number of carbonyl (C=O) groups excluding carboxylic acids is 3. The maximum Gasteiger partial charge on any atom is 0.338 e. The minimum absolute atomic E-state index is 0.00489. The van der Waals surface area contributed by atoms with Crippen LogP contribution in [0.15, 0.2) is 30.3 Å². The summed E-state index contributed by atoms with van der Waals surface area (Å²) in [5.74, 6) is -2.15. The van der Waals surface area contributed by atoms with Gasteiger partial charge in [0.1, 0.15) is 41.9 Å². The number of Topliss-reactive ketones (excluding diaryl/α,β-unsaturated/α-hetero) is 1. The standard InChI is InChI=1S/C54H82O17/c1-27(2)23-39(56)68-47-42(28(3)55)53(8)22-20-35-36(54(53,60)49(47)71-50(59)32-15-13-12-14-16-32)18-17-33-24-34(19-21-52(33,35)7)67-40-25-37(61-9)45(30(5)64-40)69-41-26-38(62-10)46(31(6)65-41)70-51-44(58)48(63-11)43(57)29(4)66-51/h12-16,27,29-31,33-38,40-49,51,57-58,60H,17-26H2,1-11H3/t29-,30-,31-,33-,34+,35+,36-,37+,38-,40+,41+,42+,43-,44-,45-,46-,47+,48-,49-,51+,52+,53-,54-/m1/s1. The fourth-order valence-corrected chi connectivity index (χ4v) is 14.6. The van der Waals surface area contributed by atoms with E-state index < -0.39 is 115 Å². The van der Waals surface area contributed by atoms with Crippen LogP contribution in [0.3, 0.4) is 0 Å². The van der Waals surface area contributed by atoms with Gasteiger partial charge >= 0.3 is 11.9 Å². The van der Waals surface area contributed by atoms with Crippen molar-refractivity contribution in [2.24, 2.45) is 40.4 Å². The number of ether oxygens (including phenoxy) is 11. The van der Waals surface area contributed by atoms with Crippen molar-refractivity contribution in [3.8, 4) is 0 Å². The van der Waals surface area contributed by atoms with Gasteiger partial charge in [-0.3, -0.25) is 9.59 Å². The van der Waals surface area contributed by atoms with Gasteiger partial charge in [-0.2, -0.15) is 0 Å². The average molecular weight is 1000 g/mol. The fraction of sp³-hybridized carbons (Fsp3) is 0.833. The maximum atomic E-state index is 13.9. The molecule has 71 heavy (non-hydrogen) atoms. The molecule has 23 atom stereocenters. The highest BCUT2D eigenvalue weighted by Crippen LogP contribution is 2.70. The molecule has 17 nitrogen and oxygen atoms in total. The summed E-state index contributed by atoms with van der Waals surface area (Å²) in [5.41, 5.74) is -2.53. The number of fused-ring (bicyclic) bond motifs is 5. The third-order valence-electron chi connectivity index (χ3n) is 18.2. The molecule has 3 saturated heterocycles. The lowest BCUT2D eigenvalue weighted by Crippen LogP contribution is -2.66. The van der Waals surface area contributed by atoms with Crippen molar-refractivity contribution >= 4 is 17.7 Å². The van der Waals surface area contributed by atoms with Crippen LogP contribution >= 0.6 is 0 Å². The molecule has 7 aliphatic rings. The number of aliphatic hydroxyl groups excluding tert-OH is 2. The van der Waals surface area contributed by atoms with Crippen LogP contribution in [0.4, 0.5) is 0 Å². The van der Waals surface area contributed by atoms with Gasteiger partial charge in [-0.15, -0.1) is 0 Å². The van der Waals surface area contributed by atoms with Crippen LogP contribution in [-0.2, 0) is 61.7 Å². The summed E-state index contributed by atoms with van der Waals surface area (Å²) in [5, 5.41) is 35.0. The molecule has 0 aromatic heterocycles. The van der Waals surface area contributed by atoms with Gasteiger partial charge in [0.05, 0.1) is 48.1 Å². The molecular formula is C54H82O17. The topological polar surface area (TPSA) is 213 Å². The minimum Gasteiger partial charge on any atom is -0.457 e. The number of aliphatic hydroxyl groups is 3. The molecule has 0 spiro atoms. The normalized spacial score (nSPS) is 46.6. The van der Waals surface area contributed by atoms with Crippen LogP contribution in [0.25, 0.3) is 0 Å². The third-order valence-corrected chi connectivity index (χ3v) is 18.2. The van der Waals surface area contributed by atoms with E-state index in [4.69, 9.17) is 52.1 Å². The van der Waals surface area contributed by atoms with Crippen molar-refractivity contribution in [3.63, 3.8) is 0 Å². The van der Waals surface area contributed by atoms with Crippen molar-refractivity contribution in [3.05, 3.63) is 35.9 Å². The molecule has 3 heterocycles. The Morgan fingerprint density at radius 2 is 1.34 bits per heavy atom. The minimum atomic E-state index is -1.65. The molecule has 1 aromatic carbocycles. The van der Waals surface area contributed by atoms with E-state index in [0.717, 1.165) is 32.1 Å². The zero-order valence-corrected chi connectivity index (χ0v) is 43.6. The number of rotatable bonds is 15. The van der Waals surface area contributed by atoms with Crippen LogP contribution in [-0.4, -0.2) is 158 Å². The van der Waals surface area contributed by atoms with Crippen LogP contribution in [0, 0.1) is 40.4 Å². The van der Waals surface area contributed by atoms with Gasteiger partial charge in [0.2, 0.25) is 0 Å². The molecule has 17 heteroatoms. The first kappa shape index (κ1) is 54.6. The number of methoxy groups -OCH3 is 3. The molecular weight excluding hydrogens is 921 g/mol. The summed E-state index contributed by atoms with van der Waals surface area (Å²) < 4.78 is 68.4. The van der Waals surface area contributed by atoms with E-state index >= 15 is 0 Å². The molecule has 7 fully saturated rings. The SMILES string of the molecule is CO[C@H]1[C@@H](O)[C@H](O[C@@H]2[C@@H](C)O[C@@H](O[C@H]3[C@@H](OC)C[C@H](O[C@H]4CC[C@@]5(C)[C@H](CC[C@@H]6[C@@H]5CC[C@]5(C)[C@@H](C(C)=O)[C@H](OC(=O)CC(C)C)[C@@H](OC(=O)c7ccccc7)[C@]65O)C4)O[C@@H]3C)C[C@H]2OC)O[C@H](C)[C@H]1O. The van der Waals surface area contributed by atoms with Gasteiger partial charge in [-0.05, 0) is 114 Å². The number of hydrogen-bond acceptors (Lipinski definition) is 17. The van der Waals surface area contributed by atoms with Gasteiger partial charge in [0, 0.05) is 46.0 Å². The maximum absolute atomic E-state index is 13.9. The van der Waals surface area contributed by atoms with Crippen LogP contribution in [0.5, 0.6) is 0 Å². The molecule has 1 aromatic rings. The zero-order valence-electron chi connectivity index (χ0n) is 43.6. The third kappa shape index (κ3) is 10.3. The Balaban J connectivity index is 0.917. The van der Waals surface area contributed by atoms with Crippen molar-refractivity contribution in [2.75, 3.05) is 21.3 Å². The smallest absolute Gasteiger partial charge is 0.338 e. The fourth-order valence-electron chi connectivity index (χ4n) is 14.6. The summed E-state index contributed by atoms with van der Waals surface area (Å²) in [7, 11) is 4.67. The molecule has 0 radical (unpaired) electrons. The lowest BCUT2D eigenvalue weighted by molar-refractivity contribution is -0.352. The molecule has 400 valence electrons. The van der Waals surface area contributed by atoms with Crippen molar-refractivity contribution in [1.29, 1.82) is 0 Å². The number of ketones is 1. The Labute approximate surface area is 419 Å². The summed E-state index contributed by atoms with van der Waals surface area (Å²) in [6.45, 7) is 15.1. The number of esters is 2. The highest BCUT2D eigenvalue weighted by Gasteiger charge is 2.77. The number of carbonyl (C=O) groups is 3. The Hall–Kier alpha value is -2.65.